The van der Waals surface area contributed by atoms with Crippen LogP contribution in [0.5, 0.6) is 0 Å². The maximum atomic E-state index is 12.9. The normalized spacial score (nSPS) is 14.1. The predicted octanol–water partition coefficient (Wildman–Crippen LogP) is 3.64. The van der Waals surface area contributed by atoms with Crippen LogP contribution < -0.4 is 5.32 Å². The minimum atomic E-state index is -0.0791. The standard InChI is InChI=1S/C25H30N4O2/c1-18-10-11-20(19(2)16-18)25(31)26-13-12-23-27-21-8-4-5-9-22(21)29(23)17-24(30)28-14-6-3-7-15-28/h4-5,8-11,16H,3,6-7,12-15,17H2,1-2H3,(H,26,31). The fourth-order valence-corrected chi connectivity index (χ4v) is 4.32. The number of fused-ring (bicyclic) bond motifs is 1. The highest BCUT2D eigenvalue weighted by Gasteiger charge is 2.20. The third-order valence-electron chi connectivity index (χ3n) is 6.00. The van der Waals surface area contributed by atoms with Crippen molar-refractivity contribution in [2.75, 3.05) is 19.6 Å². The predicted molar refractivity (Wildman–Crippen MR) is 122 cm³/mol. The van der Waals surface area contributed by atoms with Crippen LogP contribution in [-0.4, -0.2) is 45.9 Å². The number of hydrogen-bond donors (Lipinski definition) is 1. The van der Waals surface area contributed by atoms with Crippen LogP contribution in [0.3, 0.4) is 0 Å². The molecule has 0 bridgehead atoms. The van der Waals surface area contributed by atoms with E-state index >= 15 is 0 Å². The van der Waals surface area contributed by atoms with Crippen LogP contribution in [0.2, 0.25) is 0 Å². The topological polar surface area (TPSA) is 67.2 Å². The van der Waals surface area contributed by atoms with Crippen LogP contribution >= 0.6 is 0 Å². The van der Waals surface area contributed by atoms with Crippen LogP contribution in [0, 0.1) is 13.8 Å². The number of piperidine rings is 1. The molecule has 3 aromatic rings. The average Bonchev–Trinajstić information content (AvgIpc) is 3.11. The molecule has 1 aliphatic heterocycles. The van der Waals surface area contributed by atoms with Crippen LogP contribution in [-0.2, 0) is 17.8 Å². The smallest absolute Gasteiger partial charge is 0.251 e. The molecule has 6 heteroatoms. The minimum Gasteiger partial charge on any atom is -0.352 e. The van der Waals surface area contributed by atoms with Gasteiger partial charge in [-0.1, -0.05) is 29.8 Å². The molecule has 0 spiro atoms. The molecule has 2 heterocycles. The zero-order valence-corrected chi connectivity index (χ0v) is 18.4. The number of aromatic nitrogens is 2. The number of carbonyl (C=O) groups is 2. The Labute approximate surface area is 183 Å². The van der Waals surface area contributed by atoms with Crippen molar-refractivity contribution in [3.8, 4) is 0 Å². The van der Waals surface area contributed by atoms with Crippen molar-refractivity contribution in [1.29, 1.82) is 0 Å². The summed E-state index contributed by atoms with van der Waals surface area (Å²) < 4.78 is 2.01. The van der Waals surface area contributed by atoms with Gasteiger partial charge in [-0.3, -0.25) is 9.59 Å². The third-order valence-corrected chi connectivity index (χ3v) is 6.00. The summed E-state index contributed by atoms with van der Waals surface area (Å²) in [5.74, 6) is 0.889. The van der Waals surface area contributed by atoms with Crippen molar-refractivity contribution in [2.24, 2.45) is 0 Å². The Balaban J connectivity index is 1.47. The molecule has 0 atom stereocenters. The molecular weight excluding hydrogens is 388 g/mol. The van der Waals surface area contributed by atoms with E-state index in [2.05, 4.69) is 5.32 Å². The van der Waals surface area contributed by atoms with Crippen molar-refractivity contribution < 1.29 is 9.59 Å². The van der Waals surface area contributed by atoms with E-state index in [0.717, 1.165) is 53.9 Å². The number of benzene rings is 2. The number of nitrogens with zero attached hydrogens (tertiary/aromatic N) is 3. The monoisotopic (exact) mass is 418 g/mol. The molecule has 1 aliphatic rings. The lowest BCUT2D eigenvalue weighted by atomic mass is 10.1. The zero-order chi connectivity index (χ0) is 21.8. The fraction of sp³-hybridized carbons (Fsp3) is 0.400. The molecule has 6 nitrogen and oxygen atoms in total. The highest BCUT2D eigenvalue weighted by atomic mass is 16.2. The molecule has 1 aromatic heterocycles. The maximum absolute atomic E-state index is 12.9. The van der Waals surface area contributed by atoms with Gasteiger partial charge in [-0.25, -0.2) is 4.98 Å². The van der Waals surface area contributed by atoms with Gasteiger partial charge in [0.2, 0.25) is 5.91 Å². The Morgan fingerprint density at radius 3 is 2.58 bits per heavy atom. The van der Waals surface area contributed by atoms with E-state index in [1.165, 1.54) is 6.42 Å². The molecule has 1 saturated heterocycles. The summed E-state index contributed by atoms with van der Waals surface area (Å²) >= 11 is 0. The number of rotatable bonds is 6. The van der Waals surface area contributed by atoms with Gasteiger partial charge in [0.15, 0.2) is 0 Å². The molecule has 162 valence electrons. The number of para-hydroxylation sites is 2. The zero-order valence-electron chi connectivity index (χ0n) is 18.4. The number of carbonyl (C=O) groups excluding carboxylic acids is 2. The first-order valence-electron chi connectivity index (χ1n) is 11.1. The Morgan fingerprint density at radius 1 is 1.03 bits per heavy atom. The van der Waals surface area contributed by atoms with E-state index in [1.54, 1.807) is 0 Å². The van der Waals surface area contributed by atoms with Crippen molar-refractivity contribution >= 4 is 22.8 Å². The van der Waals surface area contributed by atoms with Crippen molar-refractivity contribution in [2.45, 2.75) is 46.1 Å². The van der Waals surface area contributed by atoms with Crippen LogP contribution in [0.4, 0.5) is 0 Å². The summed E-state index contributed by atoms with van der Waals surface area (Å²) in [6, 6.07) is 13.7. The molecule has 0 unspecified atom stereocenters. The number of aryl methyl sites for hydroxylation is 2. The lowest BCUT2D eigenvalue weighted by Crippen LogP contribution is -2.38. The molecule has 31 heavy (non-hydrogen) atoms. The summed E-state index contributed by atoms with van der Waals surface area (Å²) in [6.07, 6.45) is 3.92. The highest BCUT2D eigenvalue weighted by molar-refractivity contribution is 5.95. The van der Waals surface area contributed by atoms with Gasteiger partial charge in [0.05, 0.1) is 11.0 Å². The van der Waals surface area contributed by atoms with Crippen molar-refractivity contribution in [3.63, 3.8) is 0 Å². The van der Waals surface area contributed by atoms with Gasteiger partial charge >= 0.3 is 0 Å². The Bertz CT molecular complexity index is 1100. The maximum Gasteiger partial charge on any atom is 0.251 e. The third kappa shape index (κ3) is 4.79. The molecule has 0 saturated carbocycles. The Morgan fingerprint density at radius 2 is 1.81 bits per heavy atom. The fourth-order valence-electron chi connectivity index (χ4n) is 4.32. The molecule has 0 aliphatic carbocycles. The van der Waals surface area contributed by atoms with Crippen molar-refractivity contribution in [1.82, 2.24) is 19.8 Å². The molecule has 1 fully saturated rings. The lowest BCUT2D eigenvalue weighted by Gasteiger charge is -2.27. The van der Waals surface area contributed by atoms with E-state index < -0.39 is 0 Å². The summed E-state index contributed by atoms with van der Waals surface area (Å²) in [4.78, 5) is 32.2. The second-order valence-electron chi connectivity index (χ2n) is 8.37. The molecule has 4 rings (SSSR count). The minimum absolute atomic E-state index is 0.0791. The lowest BCUT2D eigenvalue weighted by molar-refractivity contribution is -0.132. The first kappa shape index (κ1) is 21.1. The summed E-state index contributed by atoms with van der Waals surface area (Å²) in [5, 5.41) is 3.01. The number of hydrogen-bond acceptors (Lipinski definition) is 3. The van der Waals surface area contributed by atoms with Gasteiger partial charge in [0.25, 0.3) is 5.91 Å². The van der Waals surface area contributed by atoms with E-state index in [0.29, 0.717) is 25.1 Å². The van der Waals surface area contributed by atoms with E-state index in [1.807, 2.05) is 65.8 Å². The van der Waals surface area contributed by atoms with Crippen LogP contribution in [0.25, 0.3) is 11.0 Å². The number of nitrogens with one attached hydrogen (secondary N) is 1. The second-order valence-corrected chi connectivity index (χ2v) is 8.37. The summed E-state index contributed by atoms with van der Waals surface area (Å²) in [6.45, 7) is 6.41. The van der Waals surface area contributed by atoms with Crippen molar-refractivity contribution in [3.05, 3.63) is 65.0 Å². The Kier molecular flexibility index (Phi) is 6.35. The SMILES string of the molecule is Cc1ccc(C(=O)NCCc2nc3ccccc3n2CC(=O)N2CCCCC2)c(C)c1. The van der Waals surface area contributed by atoms with E-state index in [-0.39, 0.29) is 11.8 Å². The number of imidazole rings is 1. The van der Waals surface area contributed by atoms with Crippen LogP contribution in [0.1, 0.15) is 46.6 Å². The molecule has 2 aromatic carbocycles. The molecule has 1 N–H and O–H groups in total. The first-order valence-corrected chi connectivity index (χ1v) is 11.1. The largest absolute Gasteiger partial charge is 0.352 e. The van der Waals surface area contributed by atoms with E-state index in [9.17, 15) is 9.59 Å². The van der Waals surface area contributed by atoms with Gasteiger partial charge in [-0.2, -0.15) is 0 Å². The molecule has 2 amide bonds. The van der Waals surface area contributed by atoms with Gasteiger partial charge < -0.3 is 14.8 Å². The molecule has 0 radical (unpaired) electrons. The van der Waals surface area contributed by atoms with Crippen LogP contribution in [0.15, 0.2) is 42.5 Å². The first-order chi connectivity index (χ1) is 15.0. The Hall–Kier alpha value is -3.15. The highest BCUT2D eigenvalue weighted by Crippen LogP contribution is 2.18. The average molecular weight is 419 g/mol. The molecular formula is C25H30N4O2. The summed E-state index contributed by atoms with van der Waals surface area (Å²) in [7, 11) is 0. The van der Waals surface area contributed by atoms with Gasteiger partial charge in [-0.15, -0.1) is 0 Å². The number of amides is 2. The van der Waals surface area contributed by atoms with Gasteiger partial charge in [0, 0.05) is 31.6 Å². The van der Waals surface area contributed by atoms with E-state index in [4.69, 9.17) is 4.98 Å². The number of likely N-dealkylation sites (tertiary alicyclic amines) is 1. The second kappa shape index (κ2) is 9.33. The van der Waals surface area contributed by atoms with Gasteiger partial charge in [-0.05, 0) is 56.9 Å². The summed E-state index contributed by atoms with van der Waals surface area (Å²) in [5.41, 5.74) is 4.64. The quantitative estimate of drug-likeness (QED) is 0.665. The van der Waals surface area contributed by atoms with Gasteiger partial charge in [0.1, 0.15) is 12.4 Å².